The zero-order valence-electron chi connectivity index (χ0n) is 15.7. The van der Waals surface area contributed by atoms with Crippen LogP contribution in [0.3, 0.4) is 0 Å². The highest BCUT2D eigenvalue weighted by Gasteiger charge is 2.13. The first-order valence-electron chi connectivity index (χ1n) is 9.25. The van der Waals surface area contributed by atoms with Crippen LogP contribution >= 0.6 is 23.2 Å². The van der Waals surface area contributed by atoms with E-state index in [2.05, 4.69) is 17.2 Å². The summed E-state index contributed by atoms with van der Waals surface area (Å²) in [6, 6.07) is 18.5. The molecule has 0 saturated heterocycles. The van der Waals surface area contributed by atoms with Crippen molar-refractivity contribution in [3.05, 3.63) is 81.8 Å². The molecule has 29 heavy (non-hydrogen) atoms. The number of hydrogen-bond donors (Lipinski definition) is 1. The van der Waals surface area contributed by atoms with E-state index in [-0.39, 0.29) is 12.3 Å². The molecule has 0 atom stereocenters. The highest BCUT2D eigenvalue weighted by atomic mass is 35.5. The maximum atomic E-state index is 12.4. The van der Waals surface area contributed by atoms with Gasteiger partial charge in [0.1, 0.15) is 5.52 Å². The zero-order chi connectivity index (χ0) is 20.4. The van der Waals surface area contributed by atoms with Crippen molar-refractivity contribution in [2.24, 2.45) is 0 Å². The van der Waals surface area contributed by atoms with Gasteiger partial charge in [-0.15, -0.1) is 0 Å². The van der Waals surface area contributed by atoms with Gasteiger partial charge in [-0.3, -0.25) is 4.79 Å². The summed E-state index contributed by atoms with van der Waals surface area (Å²) >= 11 is 12.2. The molecular weight excluding hydrogens is 407 g/mol. The van der Waals surface area contributed by atoms with Crippen molar-refractivity contribution in [3.8, 4) is 11.5 Å². The highest BCUT2D eigenvalue weighted by molar-refractivity contribution is 6.33. The molecule has 1 amide bonds. The number of carbonyl (C=O) groups is 1. The van der Waals surface area contributed by atoms with E-state index in [4.69, 9.17) is 27.6 Å². The quantitative estimate of drug-likeness (QED) is 0.395. The lowest BCUT2D eigenvalue weighted by Gasteiger charge is -2.09. The topological polar surface area (TPSA) is 55.1 Å². The van der Waals surface area contributed by atoms with Gasteiger partial charge < -0.3 is 9.73 Å². The fourth-order valence-corrected chi connectivity index (χ4v) is 3.34. The maximum Gasteiger partial charge on any atom is 0.228 e. The maximum absolute atomic E-state index is 12.4. The Kier molecular flexibility index (Phi) is 5.56. The monoisotopic (exact) mass is 424 g/mol. The number of hydrogen-bond acceptors (Lipinski definition) is 3. The van der Waals surface area contributed by atoms with Gasteiger partial charge >= 0.3 is 0 Å². The lowest BCUT2D eigenvalue weighted by molar-refractivity contribution is -0.115. The standard InChI is InChI=1S/C23H18Cl2N2O2/c1-2-14-5-10-21-20(11-14)27-23(29-21)16-6-9-18(25)19(13-16)26-22(28)12-15-3-7-17(24)8-4-15/h3-11,13H,2,12H2,1H3,(H,26,28). The molecule has 1 heterocycles. The van der Waals surface area contributed by atoms with Gasteiger partial charge in [0.25, 0.3) is 0 Å². The molecule has 0 bridgehead atoms. The van der Waals surface area contributed by atoms with Crippen LogP contribution in [-0.4, -0.2) is 10.9 Å². The minimum Gasteiger partial charge on any atom is -0.436 e. The van der Waals surface area contributed by atoms with Crippen LogP contribution in [0.1, 0.15) is 18.1 Å². The molecule has 4 rings (SSSR count). The van der Waals surface area contributed by atoms with Crippen molar-refractivity contribution in [1.29, 1.82) is 0 Å². The van der Waals surface area contributed by atoms with Gasteiger partial charge in [0, 0.05) is 10.6 Å². The number of anilines is 1. The minimum absolute atomic E-state index is 0.170. The molecule has 4 aromatic rings. The van der Waals surface area contributed by atoms with Gasteiger partial charge in [-0.2, -0.15) is 0 Å². The Morgan fingerprint density at radius 1 is 1.00 bits per heavy atom. The third-order valence-electron chi connectivity index (χ3n) is 4.63. The van der Waals surface area contributed by atoms with Crippen LogP contribution in [0.2, 0.25) is 10.0 Å². The van der Waals surface area contributed by atoms with E-state index in [1.54, 1.807) is 24.3 Å². The van der Waals surface area contributed by atoms with Gasteiger partial charge in [-0.05, 0) is 60.0 Å². The molecule has 4 nitrogen and oxygen atoms in total. The van der Waals surface area contributed by atoms with Crippen LogP contribution in [-0.2, 0) is 17.6 Å². The summed E-state index contributed by atoms with van der Waals surface area (Å²) in [6.45, 7) is 2.10. The summed E-state index contributed by atoms with van der Waals surface area (Å²) in [5.74, 6) is 0.314. The van der Waals surface area contributed by atoms with Crippen LogP contribution in [0.15, 0.2) is 65.1 Å². The van der Waals surface area contributed by atoms with Gasteiger partial charge in [0.2, 0.25) is 11.8 Å². The number of aryl methyl sites for hydroxylation is 1. The van der Waals surface area contributed by atoms with Crippen LogP contribution in [0.25, 0.3) is 22.6 Å². The first-order valence-corrected chi connectivity index (χ1v) is 10.0. The summed E-state index contributed by atoms with van der Waals surface area (Å²) in [4.78, 5) is 17.0. The number of oxazole rings is 1. The predicted octanol–water partition coefficient (Wildman–Crippen LogP) is 6.55. The van der Waals surface area contributed by atoms with Gasteiger partial charge in [-0.1, -0.05) is 48.3 Å². The normalized spacial score (nSPS) is 11.0. The Morgan fingerprint density at radius 2 is 1.76 bits per heavy atom. The summed E-state index contributed by atoms with van der Waals surface area (Å²) in [7, 11) is 0. The summed E-state index contributed by atoms with van der Waals surface area (Å²) < 4.78 is 5.88. The molecule has 0 aliphatic heterocycles. The average Bonchev–Trinajstić information content (AvgIpc) is 3.14. The number of nitrogens with zero attached hydrogens (tertiary/aromatic N) is 1. The molecule has 6 heteroatoms. The van der Waals surface area contributed by atoms with Crippen molar-refractivity contribution in [3.63, 3.8) is 0 Å². The van der Waals surface area contributed by atoms with Crippen LogP contribution in [0, 0.1) is 0 Å². The Bertz CT molecular complexity index is 1180. The number of fused-ring (bicyclic) bond motifs is 1. The molecule has 0 radical (unpaired) electrons. The van der Waals surface area contributed by atoms with E-state index in [1.807, 2.05) is 36.4 Å². The Hall–Kier alpha value is -2.82. The van der Waals surface area contributed by atoms with Crippen molar-refractivity contribution >= 4 is 45.9 Å². The van der Waals surface area contributed by atoms with Crippen molar-refractivity contribution in [1.82, 2.24) is 4.98 Å². The highest BCUT2D eigenvalue weighted by Crippen LogP contribution is 2.31. The third kappa shape index (κ3) is 4.44. The first-order chi connectivity index (χ1) is 14.0. The zero-order valence-corrected chi connectivity index (χ0v) is 17.2. The first kappa shape index (κ1) is 19.5. The number of carbonyl (C=O) groups excluding carboxylic acids is 1. The van der Waals surface area contributed by atoms with E-state index in [0.29, 0.717) is 21.6 Å². The molecule has 0 fully saturated rings. The summed E-state index contributed by atoms with van der Waals surface area (Å²) in [5.41, 5.74) is 4.85. The number of amides is 1. The molecule has 0 aliphatic rings. The van der Waals surface area contributed by atoms with Gasteiger partial charge in [0.15, 0.2) is 5.58 Å². The number of benzene rings is 3. The summed E-state index contributed by atoms with van der Waals surface area (Å²) in [6.07, 6.45) is 1.16. The van der Waals surface area contributed by atoms with Gasteiger partial charge in [-0.25, -0.2) is 4.98 Å². The molecule has 146 valence electrons. The predicted molar refractivity (Wildman–Crippen MR) is 118 cm³/mol. The molecule has 0 saturated carbocycles. The molecule has 1 N–H and O–H groups in total. The van der Waals surface area contributed by atoms with E-state index in [0.717, 1.165) is 28.6 Å². The molecule has 3 aromatic carbocycles. The van der Waals surface area contributed by atoms with E-state index in [9.17, 15) is 4.79 Å². The Labute approximate surface area is 178 Å². The molecule has 0 spiro atoms. The largest absolute Gasteiger partial charge is 0.436 e. The number of halogens is 2. The molecular formula is C23H18Cl2N2O2. The fourth-order valence-electron chi connectivity index (χ4n) is 3.05. The average molecular weight is 425 g/mol. The van der Waals surface area contributed by atoms with Crippen molar-refractivity contribution < 1.29 is 9.21 Å². The van der Waals surface area contributed by atoms with Crippen LogP contribution < -0.4 is 5.32 Å². The second kappa shape index (κ2) is 8.27. The Morgan fingerprint density at radius 3 is 2.52 bits per heavy atom. The third-order valence-corrected chi connectivity index (χ3v) is 5.21. The van der Waals surface area contributed by atoms with Gasteiger partial charge in [0.05, 0.1) is 17.1 Å². The molecule has 1 aromatic heterocycles. The lowest BCUT2D eigenvalue weighted by Crippen LogP contribution is -2.14. The summed E-state index contributed by atoms with van der Waals surface area (Å²) in [5, 5.41) is 3.94. The number of aromatic nitrogens is 1. The Balaban J connectivity index is 1.57. The smallest absolute Gasteiger partial charge is 0.228 e. The van der Waals surface area contributed by atoms with Crippen molar-refractivity contribution in [2.75, 3.05) is 5.32 Å². The molecule has 0 aliphatic carbocycles. The van der Waals surface area contributed by atoms with Crippen molar-refractivity contribution in [2.45, 2.75) is 19.8 Å². The fraction of sp³-hybridized carbons (Fsp3) is 0.130. The minimum atomic E-state index is -0.170. The molecule has 0 unspecified atom stereocenters. The lowest BCUT2D eigenvalue weighted by atomic mass is 10.1. The SMILES string of the molecule is CCc1ccc2oc(-c3ccc(Cl)c(NC(=O)Cc4ccc(Cl)cc4)c3)nc2c1. The number of rotatable bonds is 5. The van der Waals surface area contributed by atoms with Crippen LogP contribution in [0.4, 0.5) is 5.69 Å². The second-order valence-electron chi connectivity index (χ2n) is 6.72. The van der Waals surface area contributed by atoms with E-state index < -0.39 is 0 Å². The van der Waals surface area contributed by atoms with E-state index >= 15 is 0 Å². The number of nitrogens with one attached hydrogen (secondary N) is 1. The van der Waals surface area contributed by atoms with Crippen LogP contribution in [0.5, 0.6) is 0 Å². The second-order valence-corrected chi connectivity index (χ2v) is 7.56. The van der Waals surface area contributed by atoms with E-state index in [1.165, 1.54) is 5.56 Å².